The Hall–Kier alpha value is -0.767. The van der Waals surface area contributed by atoms with Crippen molar-refractivity contribution in [1.29, 1.82) is 0 Å². The molecule has 0 atom stereocenters. The van der Waals surface area contributed by atoms with Gasteiger partial charge in [-0.3, -0.25) is 0 Å². The molecule has 1 aromatic rings. The summed E-state index contributed by atoms with van der Waals surface area (Å²) in [5.41, 5.74) is 0.816. The normalized spacial score (nSPS) is 9.93. The number of amides is 1. The van der Waals surface area contributed by atoms with Crippen LogP contribution in [0.5, 0.6) is 0 Å². The van der Waals surface area contributed by atoms with E-state index in [-0.39, 0.29) is 5.91 Å². The monoisotopic (exact) mass is 250 g/mol. The van der Waals surface area contributed by atoms with Crippen LogP contribution in [0.3, 0.4) is 0 Å². The first kappa shape index (κ1) is 11.3. The first-order valence-electron chi connectivity index (χ1n) is 4.80. The van der Waals surface area contributed by atoms with Gasteiger partial charge in [0.15, 0.2) is 0 Å². The van der Waals surface area contributed by atoms with E-state index in [0.717, 1.165) is 23.0 Å². The molecule has 0 aliphatic rings. The van der Waals surface area contributed by atoms with Crippen LogP contribution in [0.15, 0.2) is 24.3 Å². The molecule has 0 spiro atoms. The zero-order valence-electron chi connectivity index (χ0n) is 8.58. The van der Waals surface area contributed by atoms with Gasteiger partial charge >= 0.3 is 93.3 Å². The molecule has 1 aromatic carbocycles. The Morgan fingerprint density at radius 2 is 1.86 bits per heavy atom. The molecular weight excluding hydrogens is 235 g/mol. The van der Waals surface area contributed by atoms with Crippen LogP contribution < -0.4 is 4.40 Å². The summed E-state index contributed by atoms with van der Waals surface area (Å²) >= 11 is 1.97. The number of benzene rings is 1. The van der Waals surface area contributed by atoms with Crippen molar-refractivity contribution >= 4 is 26.8 Å². The van der Waals surface area contributed by atoms with Crippen LogP contribution >= 0.6 is 0 Å². The standard InChI is InChI=1S/C11H14GeNO/c1-3-13(4-2)11(14)9-7-5-6-8-10(9)12/h5-8H,3-4H2,1-2H3. The zero-order chi connectivity index (χ0) is 10.6. The molecule has 1 amide bonds. The summed E-state index contributed by atoms with van der Waals surface area (Å²) in [6.07, 6.45) is 0. The van der Waals surface area contributed by atoms with Crippen LogP contribution in [0.25, 0.3) is 0 Å². The molecule has 0 saturated heterocycles. The molecule has 3 radical (unpaired) electrons. The quantitative estimate of drug-likeness (QED) is 0.730. The molecule has 0 unspecified atom stereocenters. The van der Waals surface area contributed by atoms with Gasteiger partial charge in [0.05, 0.1) is 0 Å². The van der Waals surface area contributed by atoms with Gasteiger partial charge in [0.25, 0.3) is 0 Å². The number of carbonyl (C=O) groups excluding carboxylic acids is 1. The fraction of sp³-hybridized carbons (Fsp3) is 0.364. The second kappa shape index (κ2) is 5.20. The van der Waals surface area contributed by atoms with E-state index in [0.29, 0.717) is 0 Å². The molecule has 0 heterocycles. The fourth-order valence-electron chi connectivity index (χ4n) is 1.35. The van der Waals surface area contributed by atoms with Gasteiger partial charge in [-0.05, 0) is 0 Å². The Balaban J connectivity index is 2.94. The molecule has 0 aliphatic heterocycles. The predicted octanol–water partition coefficient (Wildman–Crippen LogP) is 0.962. The van der Waals surface area contributed by atoms with Gasteiger partial charge in [0.2, 0.25) is 0 Å². The fourth-order valence-corrected chi connectivity index (χ4v) is 1.95. The van der Waals surface area contributed by atoms with Crippen molar-refractivity contribution in [1.82, 2.24) is 4.90 Å². The van der Waals surface area contributed by atoms with Gasteiger partial charge in [0, 0.05) is 0 Å². The second-order valence-electron chi connectivity index (χ2n) is 3.02. The molecule has 0 bridgehead atoms. The maximum atomic E-state index is 12.0. The summed E-state index contributed by atoms with van der Waals surface area (Å²) in [7, 11) is 0. The van der Waals surface area contributed by atoms with E-state index in [1.807, 2.05) is 59.5 Å². The van der Waals surface area contributed by atoms with Gasteiger partial charge in [-0.2, -0.15) is 0 Å². The van der Waals surface area contributed by atoms with E-state index < -0.39 is 0 Å². The van der Waals surface area contributed by atoms with Crippen LogP contribution in [-0.4, -0.2) is 40.4 Å². The first-order valence-corrected chi connectivity index (χ1v) is 5.85. The van der Waals surface area contributed by atoms with E-state index in [2.05, 4.69) is 0 Å². The summed E-state index contributed by atoms with van der Waals surface area (Å²) in [5, 5.41) is 0. The first-order chi connectivity index (χ1) is 6.70. The van der Waals surface area contributed by atoms with Crippen molar-refractivity contribution in [3.63, 3.8) is 0 Å². The second-order valence-corrected chi connectivity index (χ2v) is 4.15. The van der Waals surface area contributed by atoms with Gasteiger partial charge in [0.1, 0.15) is 0 Å². The van der Waals surface area contributed by atoms with Crippen molar-refractivity contribution in [3.8, 4) is 0 Å². The minimum absolute atomic E-state index is 0.133. The van der Waals surface area contributed by atoms with E-state index in [4.69, 9.17) is 0 Å². The Morgan fingerprint density at radius 3 is 2.36 bits per heavy atom. The van der Waals surface area contributed by atoms with E-state index in [1.54, 1.807) is 0 Å². The Morgan fingerprint density at radius 1 is 1.29 bits per heavy atom. The third-order valence-electron chi connectivity index (χ3n) is 2.21. The molecule has 0 fully saturated rings. The molecule has 3 heteroatoms. The number of hydrogen-bond donors (Lipinski definition) is 0. The van der Waals surface area contributed by atoms with Crippen molar-refractivity contribution < 1.29 is 4.79 Å². The van der Waals surface area contributed by atoms with Crippen LogP contribution in [0.1, 0.15) is 24.2 Å². The maximum absolute atomic E-state index is 12.0. The molecule has 0 N–H and O–H groups in total. The van der Waals surface area contributed by atoms with Gasteiger partial charge in [-0.25, -0.2) is 0 Å². The summed E-state index contributed by atoms with van der Waals surface area (Å²) in [5.74, 6) is 0.133. The molecule has 2 nitrogen and oxygen atoms in total. The average molecular weight is 249 g/mol. The van der Waals surface area contributed by atoms with Crippen molar-refractivity contribution in [2.45, 2.75) is 13.8 Å². The number of nitrogens with zero attached hydrogens (tertiary/aromatic N) is 1. The summed E-state index contributed by atoms with van der Waals surface area (Å²) in [6.45, 7) is 5.53. The summed E-state index contributed by atoms with van der Waals surface area (Å²) in [4.78, 5) is 13.8. The Kier molecular flexibility index (Phi) is 4.20. The molecule has 73 valence electrons. The zero-order valence-corrected chi connectivity index (χ0v) is 10.7. The van der Waals surface area contributed by atoms with Crippen LogP contribution in [0.4, 0.5) is 0 Å². The van der Waals surface area contributed by atoms with Crippen molar-refractivity contribution in [3.05, 3.63) is 29.8 Å². The number of rotatable bonds is 3. The van der Waals surface area contributed by atoms with Crippen molar-refractivity contribution in [2.75, 3.05) is 13.1 Å². The summed E-state index contributed by atoms with van der Waals surface area (Å²) in [6, 6.07) is 7.71. The third-order valence-corrected chi connectivity index (χ3v) is 3.12. The molecule has 0 saturated carbocycles. The Labute approximate surface area is 93.5 Å². The van der Waals surface area contributed by atoms with E-state index >= 15 is 0 Å². The van der Waals surface area contributed by atoms with Crippen LogP contribution in [0, 0.1) is 0 Å². The van der Waals surface area contributed by atoms with Gasteiger partial charge < -0.3 is 0 Å². The number of carbonyl (C=O) groups is 1. The van der Waals surface area contributed by atoms with E-state index in [1.165, 1.54) is 0 Å². The van der Waals surface area contributed by atoms with Gasteiger partial charge in [-0.1, -0.05) is 0 Å². The number of hydrogen-bond acceptors (Lipinski definition) is 1. The topological polar surface area (TPSA) is 20.3 Å². The van der Waals surface area contributed by atoms with Crippen LogP contribution in [-0.2, 0) is 0 Å². The minimum atomic E-state index is 0.133. The summed E-state index contributed by atoms with van der Waals surface area (Å²) < 4.78 is 1.05. The predicted molar refractivity (Wildman–Crippen MR) is 59.1 cm³/mol. The molecule has 14 heavy (non-hydrogen) atoms. The third kappa shape index (κ3) is 2.38. The average Bonchev–Trinajstić information content (AvgIpc) is 2.20. The SMILES string of the molecule is CCN(CC)C(=O)c1cccc[c]1[Ge]. The van der Waals surface area contributed by atoms with Crippen LogP contribution in [0.2, 0.25) is 0 Å². The van der Waals surface area contributed by atoms with Crippen molar-refractivity contribution in [2.24, 2.45) is 0 Å². The van der Waals surface area contributed by atoms with Gasteiger partial charge in [-0.15, -0.1) is 0 Å². The molecule has 0 aromatic heterocycles. The Bertz CT molecular complexity index is 321. The molecule has 1 rings (SSSR count). The molecule has 0 aliphatic carbocycles. The van der Waals surface area contributed by atoms with E-state index in [9.17, 15) is 4.79 Å². The molecular formula is C11H14GeNO.